The van der Waals surface area contributed by atoms with Gasteiger partial charge in [0.15, 0.2) is 0 Å². The number of hydrogen-bond donors (Lipinski definition) is 0. The zero-order valence-electron chi connectivity index (χ0n) is 17.7. The molecule has 0 spiro atoms. The van der Waals surface area contributed by atoms with Crippen molar-refractivity contribution in [2.24, 2.45) is 0 Å². The Morgan fingerprint density at radius 1 is 0.677 bits per heavy atom. The van der Waals surface area contributed by atoms with E-state index in [0.717, 1.165) is 24.8 Å². The molecule has 4 rings (SSSR count). The maximum absolute atomic E-state index is 13.6. The minimum Gasteiger partial charge on any atom is -0.205 e. The average molecular weight is 429 g/mol. The van der Waals surface area contributed by atoms with E-state index in [-0.39, 0.29) is 10.8 Å². The molecule has 1 atom stereocenters. The van der Waals surface area contributed by atoms with Gasteiger partial charge in [-0.2, -0.15) is 0 Å². The van der Waals surface area contributed by atoms with Crippen molar-refractivity contribution in [3.8, 4) is 11.1 Å². The second-order valence-corrected chi connectivity index (χ2v) is 8.57. The summed E-state index contributed by atoms with van der Waals surface area (Å²) in [7, 11) is 0. The topological polar surface area (TPSA) is 0 Å². The quantitative estimate of drug-likeness (QED) is 0.278. The van der Waals surface area contributed by atoms with Crippen molar-refractivity contribution < 1.29 is 4.39 Å². The molecule has 0 saturated carbocycles. The molecule has 0 saturated heterocycles. The molecule has 0 aliphatic rings. The Morgan fingerprint density at radius 3 is 1.84 bits per heavy atom. The zero-order valence-corrected chi connectivity index (χ0v) is 18.4. The van der Waals surface area contributed by atoms with Gasteiger partial charge in [-0.05, 0) is 70.7 Å². The summed E-state index contributed by atoms with van der Waals surface area (Å²) in [6.07, 6.45) is 2.70. The van der Waals surface area contributed by atoms with Crippen LogP contribution in [0, 0.1) is 5.82 Å². The maximum atomic E-state index is 13.6. The normalized spacial score (nSPS) is 12.0. The smallest absolute Gasteiger partial charge is 0.142 e. The Labute approximate surface area is 189 Å². The highest BCUT2D eigenvalue weighted by Gasteiger charge is 2.07. The van der Waals surface area contributed by atoms with Crippen LogP contribution in [0.5, 0.6) is 0 Å². The molecule has 0 nitrogen and oxygen atoms in total. The lowest BCUT2D eigenvalue weighted by Crippen LogP contribution is -1.98. The van der Waals surface area contributed by atoms with E-state index >= 15 is 0 Å². The molecule has 0 fully saturated rings. The molecule has 2 heteroatoms. The van der Waals surface area contributed by atoms with Crippen LogP contribution in [-0.2, 0) is 19.3 Å². The highest BCUT2D eigenvalue weighted by Crippen LogP contribution is 2.24. The van der Waals surface area contributed by atoms with Crippen molar-refractivity contribution >= 4 is 11.6 Å². The van der Waals surface area contributed by atoms with Crippen LogP contribution in [-0.4, -0.2) is 0 Å². The molecule has 0 aliphatic carbocycles. The van der Waals surface area contributed by atoms with Gasteiger partial charge in [0.05, 0.1) is 5.02 Å². The van der Waals surface area contributed by atoms with Crippen LogP contribution < -0.4 is 0 Å². The molecule has 1 unspecified atom stereocenters. The third kappa shape index (κ3) is 5.62. The van der Waals surface area contributed by atoms with Gasteiger partial charge in [-0.1, -0.05) is 103 Å². The van der Waals surface area contributed by atoms with E-state index in [4.69, 9.17) is 11.6 Å². The lowest BCUT2D eigenvalue weighted by molar-refractivity contribution is 0.625. The van der Waals surface area contributed by atoms with E-state index < -0.39 is 0 Å². The van der Waals surface area contributed by atoms with Crippen LogP contribution in [0.15, 0.2) is 97.1 Å². The first-order valence-corrected chi connectivity index (χ1v) is 11.1. The predicted octanol–water partition coefficient (Wildman–Crippen LogP) is 8.28. The SMILES string of the molecule is CC(Cc1ccc(-c2ccc(CCc3ccc(Cl)c(F)c3)cc2)cc1)c1ccccc1. The summed E-state index contributed by atoms with van der Waals surface area (Å²) in [5.74, 6) is 0.150. The molecule has 4 aromatic rings. The number of rotatable bonds is 7. The summed E-state index contributed by atoms with van der Waals surface area (Å²) in [4.78, 5) is 0. The van der Waals surface area contributed by atoms with Crippen LogP contribution in [0.3, 0.4) is 0 Å². The third-order valence-electron chi connectivity index (χ3n) is 5.84. The fraction of sp³-hybridized carbons (Fsp3) is 0.172. The molecule has 0 amide bonds. The summed E-state index contributed by atoms with van der Waals surface area (Å²) in [6, 6.07) is 33.2. The highest BCUT2D eigenvalue weighted by molar-refractivity contribution is 6.30. The van der Waals surface area contributed by atoms with Crippen molar-refractivity contribution in [3.63, 3.8) is 0 Å². The summed E-state index contributed by atoms with van der Waals surface area (Å²) >= 11 is 5.76. The monoisotopic (exact) mass is 428 g/mol. The van der Waals surface area contributed by atoms with Crippen LogP contribution in [0.4, 0.5) is 4.39 Å². The highest BCUT2D eigenvalue weighted by atomic mass is 35.5. The molecule has 0 bridgehead atoms. The molecule has 0 radical (unpaired) electrons. The molecule has 0 heterocycles. The van der Waals surface area contributed by atoms with Crippen molar-refractivity contribution in [2.45, 2.75) is 32.1 Å². The van der Waals surface area contributed by atoms with Crippen molar-refractivity contribution in [3.05, 3.63) is 130 Å². The molecule has 0 aliphatic heterocycles. The molecule has 0 aromatic heterocycles. The molecule has 4 aromatic carbocycles. The van der Waals surface area contributed by atoms with Gasteiger partial charge < -0.3 is 0 Å². The average Bonchev–Trinajstić information content (AvgIpc) is 2.81. The van der Waals surface area contributed by atoms with Gasteiger partial charge in [-0.15, -0.1) is 0 Å². The summed E-state index contributed by atoms with van der Waals surface area (Å²) in [5, 5.41) is 0.175. The fourth-order valence-corrected chi connectivity index (χ4v) is 4.05. The van der Waals surface area contributed by atoms with Gasteiger partial charge in [0.2, 0.25) is 0 Å². The Bertz CT molecular complexity index is 1120. The van der Waals surface area contributed by atoms with Gasteiger partial charge in [0.25, 0.3) is 0 Å². The minimum absolute atomic E-state index is 0.175. The van der Waals surface area contributed by atoms with E-state index in [0.29, 0.717) is 5.92 Å². The van der Waals surface area contributed by atoms with Crippen molar-refractivity contribution in [2.75, 3.05) is 0 Å². The molecule has 31 heavy (non-hydrogen) atoms. The fourth-order valence-electron chi connectivity index (χ4n) is 3.93. The maximum Gasteiger partial charge on any atom is 0.142 e. The van der Waals surface area contributed by atoms with Gasteiger partial charge >= 0.3 is 0 Å². The zero-order chi connectivity index (χ0) is 21.6. The number of halogens is 2. The van der Waals surface area contributed by atoms with E-state index in [2.05, 4.69) is 85.8 Å². The standard InChI is InChI=1S/C29H26ClF/c1-21(25-5-3-2-4-6-25)19-23-11-16-27(17-12-23)26-14-9-22(10-15-26)7-8-24-13-18-28(30)29(31)20-24/h2-6,9-18,20-21H,7-8,19H2,1H3. The van der Waals surface area contributed by atoms with Crippen LogP contribution in [0.1, 0.15) is 35.1 Å². The van der Waals surface area contributed by atoms with Crippen LogP contribution in [0.25, 0.3) is 11.1 Å². The van der Waals surface area contributed by atoms with Crippen molar-refractivity contribution in [1.29, 1.82) is 0 Å². The van der Waals surface area contributed by atoms with Gasteiger partial charge in [-0.25, -0.2) is 4.39 Å². The summed E-state index contributed by atoms with van der Waals surface area (Å²) in [6.45, 7) is 2.28. The second kappa shape index (κ2) is 9.94. The van der Waals surface area contributed by atoms with E-state index in [1.165, 1.54) is 33.9 Å². The second-order valence-electron chi connectivity index (χ2n) is 8.16. The van der Waals surface area contributed by atoms with Crippen LogP contribution >= 0.6 is 11.6 Å². The number of hydrogen-bond acceptors (Lipinski definition) is 0. The summed E-state index contributed by atoms with van der Waals surface area (Å²) in [5.41, 5.74) is 7.38. The lowest BCUT2D eigenvalue weighted by atomic mass is 9.93. The van der Waals surface area contributed by atoms with E-state index in [1.54, 1.807) is 6.07 Å². The van der Waals surface area contributed by atoms with Gasteiger partial charge in [0, 0.05) is 0 Å². The summed E-state index contributed by atoms with van der Waals surface area (Å²) < 4.78 is 13.6. The largest absolute Gasteiger partial charge is 0.205 e. The Balaban J connectivity index is 1.36. The molecular weight excluding hydrogens is 403 g/mol. The van der Waals surface area contributed by atoms with Gasteiger partial charge in [-0.3, -0.25) is 0 Å². The van der Waals surface area contributed by atoms with E-state index in [9.17, 15) is 4.39 Å². The molecular formula is C29H26ClF. The predicted molar refractivity (Wildman–Crippen MR) is 129 cm³/mol. The number of aryl methyl sites for hydroxylation is 2. The first kappa shape index (κ1) is 21.3. The first-order valence-electron chi connectivity index (χ1n) is 10.8. The third-order valence-corrected chi connectivity index (χ3v) is 6.14. The van der Waals surface area contributed by atoms with E-state index in [1.807, 2.05) is 6.07 Å². The Morgan fingerprint density at radius 2 is 1.23 bits per heavy atom. The van der Waals surface area contributed by atoms with Crippen LogP contribution in [0.2, 0.25) is 5.02 Å². The first-order chi connectivity index (χ1) is 15.1. The Hall–Kier alpha value is -2.90. The minimum atomic E-state index is -0.351. The Kier molecular flexibility index (Phi) is 6.84. The molecule has 0 N–H and O–H groups in total. The molecule has 156 valence electrons. The van der Waals surface area contributed by atoms with Crippen molar-refractivity contribution in [1.82, 2.24) is 0 Å². The van der Waals surface area contributed by atoms with Gasteiger partial charge in [0.1, 0.15) is 5.82 Å². The number of benzene rings is 4. The lowest BCUT2D eigenvalue weighted by Gasteiger charge is -2.12.